The van der Waals surface area contributed by atoms with Crippen molar-refractivity contribution >= 4 is 23.5 Å². The number of fused-ring (bicyclic) bond motifs is 1. The Balaban J connectivity index is 1.47. The molecule has 2 aromatic carbocycles. The lowest BCUT2D eigenvalue weighted by Crippen LogP contribution is -2.42. The van der Waals surface area contributed by atoms with E-state index < -0.39 is 16.9 Å². The maximum atomic E-state index is 12.4. The van der Waals surface area contributed by atoms with E-state index in [0.29, 0.717) is 43.4 Å². The number of nitrogens with zero attached hydrogens (tertiary/aromatic N) is 3. The first-order chi connectivity index (χ1) is 14.6. The number of amides is 1. The summed E-state index contributed by atoms with van der Waals surface area (Å²) in [7, 11) is 0. The summed E-state index contributed by atoms with van der Waals surface area (Å²) < 4.78 is 16.5. The number of rotatable bonds is 5. The highest BCUT2D eigenvalue weighted by Gasteiger charge is 2.27. The zero-order valence-electron chi connectivity index (χ0n) is 16.0. The number of carbonyl (C=O) groups excluding carboxylic acids is 1. The molecule has 0 bridgehead atoms. The Labute approximate surface area is 172 Å². The lowest BCUT2D eigenvalue weighted by Gasteiger charge is -2.29. The summed E-state index contributed by atoms with van der Waals surface area (Å²) in [6, 6.07) is 11.6. The monoisotopic (exact) mass is 412 g/mol. The molecule has 2 aliphatic rings. The van der Waals surface area contributed by atoms with Crippen LogP contribution in [0.15, 0.2) is 47.6 Å². The Bertz CT molecular complexity index is 974. The number of hydrogen-bond acceptors (Lipinski definition) is 8. The molecule has 1 atom stereocenters. The van der Waals surface area contributed by atoms with E-state index in [2.05, 4.69) is 15.4 Å². The minimum Gasteiger partial charge on any atom is -0.485 e. The predicted octanol–water partition coefficient (Wildman–Crippen LogP) is 1.72. The lowest BCUT2D eigenvalue weighted by molar-refractivity contribution is -0.384. The Morgan fingerprint density at radius 3 is 2.73 bits per heavy atom. The number of anilines is 1. The van der Waals surface area contributed by atoms with Crippen molar-refractivity contribution in [1.82, 2.24) is 5.43 Å². The molecule has 10 heteroatoms. The van der Waals surface area contributed by atoms with Gasteiger partial charge in [-0.05, 0) is 18.2 Å². The van der Waals surface area contributed by atoms with Crippen LogP contribution >= 0.6 is 0 Å². The fraction of sp³-hybridized carbons (Fsp3) is 0.300. The smallest absolute Gasteiger partial charge is 0.284 e. The fourth-order valence-corrected chi connectivity index (χ4v) is 3.24. The SMILES string of the molecule is O=C(N/N=C/c1cc([N+](=O)[O-])ccc1N1CCOCC1)C1COc2ccccc2O1. The van der Waals surface area contributed by atoms with Gasteiger partial charge in [-0.3, -0.25) is 14.9 Å². The quantitative estimate of drug-likeness (QED) is 0.452. The van der Waals surface area contributed by atoms with Crippen LogP contribution in [0.2, 0.25) is 0 Å². The summed E-state index contributed by atoms with van der Waals surface area (Å²) in [5.74, 6) is 0.595. The highest BCUT2D eigenvalue weighted by Crippen LogP contribution is 2.31. The summed E-state index contributed by atoms with van der Waals surface area (Å²) in [5, 5.41) is 15.1. The zero-order valence-corrected chi connectivity index (χ0v) is 16.0. The maximum absolute atomic E-state index is 12.4. The number of morpholine rings is 1. The number of hydrogen-bond donors (Lipinski definition) is 1. The van der Waals surface area contributed by atoms with Crippen molar-refractivity contribution in [3.63, 3.8) is 0 Å². The van der Waals surface area contributed by atoms with Gasteiger partial charge in [-0.2, -0.15) is 5.10 Å². The van der Waals surface area contributed by atoms with Gasteiger partial charge in [-0.25, -0.2) is 5.43 Å². The van der Waals surface area contributed by atoms with Crippen molar-refractivity contribution in [2.24, 2.45) is 5.10 Å². The first kappa shape index (κ1) is 19.6. The number of non-ortho nitro benzene ring substituents is 1. The van der Waals surface area contributed by atoms with Crippen molar-refractivity contribution in [3.8, 4) is 11.5 Å². The van der Waals surface area contributed by atoms with E-state index in [1.807, 2.05) is 6.07 Å². The summed E-state index contributed by atoms with van der Waals surface area (Å²) in [4.78, 5) is 25.1. The van der Waals surface area contributed by atoms with E-state index in [1.165, 1.54) is 18.3 Å². The number of hydrazone groups is 1. The maximum Gasteiger partial charge on any atom is 0.284 e. The first-order valence-corrected chi connectivity index (χ1v) is 9.44. The molecule has 10 nitrogen and oxygen atoms in total. The van der Waals surface area contributed by atoms with Gasteiger partial charge in [0.15, 0.2) is 11.5 Å². The van der Waals surface area contributed by atoms with Crippen molar-refractivity contribution < 1.29 is 23.9 Å². The van der Waals surface area contributed by atoms with Crippen molar-refractivity contribution in [1.29, 1.82) is 0 Å². The summed E-state index contributed by atoms with van der Waals surface area (Å²) in [6.07, 6.45) is 0.550. The van der Waals surface area contributed by atoms with Gasteiger partial charge in [0.1, 0.15) is 6.61 Å². The molecule has 2 aliphatic heterocycles. The molecular formula is C20H20N4O6. The third-order valence-corrected chi connectivity index (χ3v) is 4.75. The molecule has 0 spiro atoms. The molecule has 2 aromatic rings. The Hall–Kier alpha value is -3.66. The number of nitrogens with one attached hydrogen (secondary N) is 1. The van der Waals surface area contributed by atoms with Crippen LogP contribution < -0.4 is 19.8 Å². The molecule has 0 saturated carbocycles. The summed E-state index contributed by atoms with van der Waals surface area (Å²) in [5.41, 5.74) is 3.68. The Morgan fingerprint density at radius 2 is 1.97 bits per heavy atom. The molecule has 0 radical (unpaired) electrons. The number of benzene rings is 2. The highest BCUT2D eigenvalue weighted by molar-refractivity contribution is 5.90. The first-order valence-electron chi connectivity index (χ1n) is 9.44. The minimum absolute atomic E-state index is 0.0552. The standard InChI is InChI=1S/C20H20N4O6/c25-20(19-13-29-17-3-1-2-4-18(17)30-19)22-21-12-14-11-15(24(26)27)5-6-16(14)23-7-9-28-10-8-23/h1-6,11-12,19H,7-10,13H2,(H,22,25)/b21-12+. The molecule has 1 N–H and O–H groups in total. The number of ether oxygens (including phenoxy) is 3. The second kappa shape index (κ2) is 8.78. The van der Waals surface area contributed by atoms with Gasteiger partial charge >= 0.3 is 0 Å². The topological polar surface area (TPSA) is 116 Å². The van der Waals surface area contributed by atoms with Crippen LogP contribution in [0.5, 0.6) is 11.5 Å². The van der Waals surface area contributed by atoms with E-state index in [-0.39, 0.29) is 12.3 Å². The van der Waals surface area contributed by atoms with Gasteiger partial charge in [0.2, 0.25) is 6.10 Å². The molecule has 2 heterocycles. The minimum atomic E-state index is -0.846. The van der Waals surface area contributed by atoms with Gasteiger partial charge in [0, 0.05) is 36.5 Å². The van der Waals surface area contributed by atoms with E-state index in [9.17, 15) is 14.9 Å². The molecule has 0 aromatic heterocycles. The predicted molar refractivity (Wildman–Crippen MR) is 108 cm³/mol. The molecule has 30 heavy (non-hydrogen) atoms. The lowest BCUT2D eigenvalue weighted by atomic mass is 10.1. The summed E-state index contributed by atoms with van der Waals surface area (Å²) in [6.45, 7) is 2.54. The van der Waals surface area contributed by atoms with Crippen LogP contribution in [-0.4, -0.2) is 56.1 Å². The van der Waals surface area contributed by atoms with Crippen LogP contribution in [0.3, 0.4) is 0 Å². The van der Waals surface area contributed by atoms with Crippen LogP contribution in [-0.2, 0) is 9.53 Å². The zero-order chi connectivity index (χ0) is 20.9. The van der Waals surface area contributed by atoms with Crippen LogP contribution in [0, 0.1) is 10.1 Å². The average molecular weight is 412 g/mol. The number of para-hydroxylation sites is 2. The van der Waals surface area contributed by atoms with Crippen LogP contribution in [0.4, 0.5) is 11.4 Å². The van der Waals surface area contributed by atoms with Crippen molar-refractivity contribution in [2.45, 2.75) is 6.10 Å². The van der Waals surface area contributed by atoms with Crippen LogP contribution in [0.1, 0.15) is 5.56 Å². The van der Waals surface area contributed by atoms with Gasteiger partial charge in [-0.1, -0.05) is 12.1 Å². The second-order valence-corrected chi connectivity index (χ2v) is 6.70. The molecule has 0 aliphatic carbocycles. The van der Waals surface area contributed by atoms with E-state index in [4.69, 9.17) is 14.2 Å². The molecule has 1 amide bonds. The highest BCUT2D eigenvalue weighted by atomic mass is 16.6. The fourth-order valence-electron chi connectivity index (χ4n) is 3.24. The van der Waals surface area contributed by atoms with E-state index in [1.54, 1.807) is 24.3 Å². The Kier molecular flexibility index (Phi) is 5.75. The Morgan fingerprint density at radius 1 is 1.20 bits per heavy atom. The molecule has 4 rings (SSSR count). The molecule has 1 saturated heterocycles. The number of nitro groups is 1. The third-order valence-electron chi connectivity index (χ3n) is 4.75. The summed E-state index contributed by atoms with van der Waals surface area (Å²) >= 11 is 0. The van der Waals surface area contributed by atoms with Gasteiger partial charge in [-0.15, -0.1) is 0 Å². The normalized spacial score (nSPS) is 18.3. The molecular weight excluding hydrogens is 392 g/mol. The van der Waals surface area contributed by atoms with Gasteiger partial charge < -0.3 is 19.1 Å². The van der Waals surface area contributed by atoms with Crippen molar-refractivity contribution in [2.75, 3.05) is 37.8 Å². The van der Waals surface area contributed by atoms with Gasteiger partial charge in [0.25, 0.3) is 11.6 Å². The largest absolute Gasteiger partial charge is 0.485 e. The van der Waals surface area contributed by atoms with Crippen LogP contribution in [0.25, 0.3) is 0 Å². The number of nitro benzene ring substituents is 1. The van der Waals surface area contributed by atoms with E-state index >= 15 is 0 Å². The molecule has 156 valence electrons. The second-order valence-electron chi connectivity index (χ2n) is 6.70. The van der Waals surface area contributed by atoms with Gasteiger partial charge in [0.05, 0.1) is 24.4 Å². The average Bonchev–Trinajstić information content (AvgIpc) is 2.79. The molecule has 1 fully saturated rings. The van der Waals surface area contributed by atoms with E-state index in [0.717, 1.165) is 5.69 Å². The van der Waals surface area contributed by atoms with Crippen molar-refractivity contribution in [3.05, 3.63) is 58.1 Å². The number of carbonyl (C=O) groups is 1. The molecule has 1 unspecified atom stereocenters. The third kappa shape index (κ3) is 4.33.